The number of nitrogens with zero attached hydrogens (tertiary/aromatic N) is 1. The van der Waals surface area contributed by atoms with Crippen LogP contribution in [0.25, 0.3) is 11.0 Å². The Kier molecular flexibility index (Phi) is 3.27. The van der Waals surface area contributed by atoms with Crippen molar-refractivity contribution in [2.45, 2.75) is 13.5 Å². The maximum atomic E-state index is 11.7. The Morgan fingerprint density at radius 2 is 2.28 bits per heavy atom. The van der Waals surface area contributed by atoms with Gasteiger partial charge in [-0.2, -0.15) is 0 Å². The summed E-state index contributed by atoms with van der Waals surface area (Å²) < 4.78 is 6.26. The minimum Gasteiger partial charge on any atom is -0.464 e. The molecule has 0 spiro atoms. The number of aromatic nitrogens is 2. The molecular formula is C12H12N2O4. The standard InChI is InChI=1S/C12H12N2O4/c1-8(16)18-5-4-14-11-3-2-9(7-15)6-10(11)13-12(14)17/h2-3,6-7H,4-5H2,1H3,(H,13,17). The van der Waals surface area contributed by atoms with Crippen molar-refractivity contribution in [2.24, 2.45) is 0 Å². The Morgan fingerprint density at radius 1 is 1.50 bits per heavy atom. The van der Waals surface area contributed by atoms with Crippen LogP contribution in [0, 0.1) is 0 Å². The van der Waals surface area contributed by atoms with Crippen molar-refractivity contribution in [3.05, 3.63) is 34.2 Å². The molecule has 1 aromatic carbocycles. The number of aldehydes is 1. The molecule has 0 bridgehead atoms. The predicted molar refractivity (Wildman–Crippen MR) is 64.6 cm³/mol. The summed E-state index contributed by atoms with van der Waals surface area (Å²) in [5.74, 6) is -0.383. The number of imidazole rings is 1. The van der Waals surface area contributed by atoms with Gasteiger partial charge in [-0.25, -0.2) is 4.79 Å². The molecule has 0 unspecified atom stereocenters. The summed E-state index contributed by atoms with van der Waals surface area (Å²) in [7, 11) is 0. The second-order valence-electron chi connectivity index (χ2n) is 3.82. The summed E-state index contributed by atoms with van der Waals surface area (Å²) in [6.45, 7) is 1.73. The fourth-order valence-corrected chi connectivity index (χ4v) is 1.76. The Morgan fingerprint density at radius 3 is 2.94 bits per heavy atom. The molecule has 94 valence electrons. The highest BCUT2D eigenvalue weighted by atomic mass is 16.5. The van der Waals surface area contributed by atoms with E-state index in [9.17, 15) is 14.4 Å². The number of fused-ring (bicyclic) bond motifs is 1. The van der Waals surface area contributed by atoms with E-state index in [0.717, 1.165) is 0 Å². The number of aromatic amines is 1. The monoisotopic (exact) mass is 248 g/mol. The molecule has 0 saturated carbocycles. The van der Waals surface area contributed by atoms with E-state index >= 15 is 0 Å². The lowest BCUT2D eigenvalue weighted by Crippen LogP contribution is -2.20. The van der Waals surface area contributed by atoms with Crippen LogP contribution in [-0.4, -0.2) is 28.4 Å². The topological polar surface area (TPSA) is 81.2 Å². The van der Waals surface area contributed by atoms with Gasteiger partial charge in [0.25, 0.3) is 0 Å². The Labute approximate surface area is 102 Å². The van der Waals surface area contributed by atoms with Crippen molar-refractivity contribution in [1.29, 1.82) is 0 Å². The van der Waals surface area contributed by atoms with E-state index in [0.29, 0.717) is 22.9 Å². The first-order valence-corrected chi connectivity index (χ1v) is 5.43. The lowest BCUT2D eigenvalue weighted by Gasteiger charge is -2.03. The van der Waals surface area contributed by atoms with Crippen molar-refractivity contribution < 1.29 is 14.3 Å². The quantitative estimate of drug-likeness (QED) is 0.638. The number of carbonyl (C=O) groups is 2. The Balaban J connectivity index is 2.32. The van der Waals surface area contributed by atoms with Crippen LogP contribution in [0.2, 0.25) is 0 Å². The van der Waals surface area contributed by atoms with E-state index in [2.05, 4.69) is 4.98 Å². The molecule has 0 amide bonds. The molecule has 18 heavy (non-hydrogen) atoms. The van der Waals surface area contributed by atoms with Gasteiger partial charge in [-0.3, -0.25) is 14.2 Å². The molecular weight excluding hydrogens is 236 g/mol. The first-order valence-electron chi connectivity index (χ1n) is 5.43. The van der Waals surface area contributed by atoms with Crippen molar-refractivity contribution in [1.82, 2.24) is 9.55 Å². The van der Waals surface area contributed by atoms with Gasteiger partial charge in [-0.15, -0.1) is 0 Å². The maximum absolute atomic E-state index is 11.7. The zero-order valence-electron chi connectivity index (χ0n) is 9.80. The van der Waals surface area contributed by atoms with Gasteiger partial charge in [0.1, 0.15) is 12.9 Å². The van der Waals surface area contributed by atoms with E-state index in [1.807, 2.05) is 0 Å². The molecule has 6 nitrogen and oxygen atoms in total. The number of esters is 1. The SMILES string of the molecule is CC(=O)OCCn1c(=O)[nH]c2cc(C=O)ccc21. The second kappa shape index (κ2) is 4.87. The van der Waals surface area contributed by atoms with Gasteiger partial charge in [0.15, 0.2) is 0 Å². The van der Waals surface area contributed by atoms with E-state index in [1.54, 1.807) is 18.2 Å². The third-order valence-electron chi connectivity index (χ3n) is 2.55. The molecule has 1 aromatic heterocycles. The van der Waals surface area contributed by atoms with Gasteiger partial charge in [0.05, 0.1) is 17.6 Å². The summed E-state index contributed by atoms with van der Waals surface area (Å²) in [6.07, 6.45) is 0.716. The minimum atomic E-state index is -0.383. The zero-order chi connectivity index (χ0) is 13.1. The molecule has 0 saturated heterocycles. The molecule has 1 N–H and O–H groups in total. The lowest BCUT2D eigenvalue weighted by atomic mass is 10.2. The van der Waals surface area contributed by atoms with Gasteiger partial charge in [-0.05, 0) is 18.2 Å². The van der Waals surface area contributed by atoms with Crippen LogP contribution in [0.4, 0.5) is 0 Å². The number of hydrogen-bond acceptors (Lipinski definition) is 4. The van der Waals surface area contributed by atoms with Gasteiger partial charge in [0.2, 0.25) is 0 Å². The summed E-state index contributed by atoms with van der Waals surface area (Å²) in [5, 5.41) is 0. The van der Waals surface area contributed by atoms with Gasteiger partial charge in [0, 0.05) is 12.5 Å². The molecule has 2 aromatic rings. The molecule has 0 fully saturated rings. The van der Waals surface area contributed by atoms with Crippen LogP contribution in [0.1, 0.15) is 17.3 Å². The van der Waals surface area contributed by atoms with E-state index in [1.165, 1.54) is 11.5 Å². The number of H-pyrrole nitrogens is 1. The number of hydrogen-bond donors (Lipinski definition) is 1. The Hall–Kier alpha value is -2.37. The van der Waals surface area contributed by atoms with E-state index < -0.39 is 0 Å². The lowest BCUT2D eigenvalue weighted by molar-refractivity contribution is -0.141. The highest BCUT2D eigenvalue weighted by molar-refractivity contribution is 5.84. The number of benzene rings is 1. The van der Waals surface area contributed by atoms with Crippen molar-refractivity contribution in [2.75, 3.05) is 6.61 Å². The Bertz CT molecular complexity index is 654. The van der Waals surface area contributed by atoms with Crippen molar-refractivity contribution >= 4 is 23.3 Å². The zero-order valence-corrected chi connectivity index (χ0v) is 9.80. The molecule has 2 rings (SSSR count). The molecule has 0 aliphatic carbocycles. The van der Waals surface area contributed by atoms with Crippen LogP contribution in [-0.2, 0) is 16.1 Å². The van der Waals surface area contributed by atoms with Crippen LogP contribution in [0.5, 0.6) is 0 Å². The van der Waals surface area contributed by atoms with Crippen molar-refractivity contribution in [3.63, 3.8) is 0 Å². The third kappa shape index (κ3) is 2.32. The normalized spacial score (nSPS) is 10.5. The molecule has 1 heterocycles. The summed E-state index contributed by atoms with van der Waals surface area (Å²) in [5.41, 5.74) is 1.47. The molecule has 0 atom stereocenters. The van der Waals surface area contributed by atoms with Crippen LogP contribution < -0.4 is 5.69 Å². The second-order valence-corrected chi connectivity index (χ2v) is 3.82. The number of rotatable bonds is 4. The van der Waals surface area contributed by atoms with E-state index in [4.69, 9.17) is 4.74 Å². The fraction of sp³-hybridized carbons (Fsp3) is 0.250. The van der Waals surface area contributed by atoms with Crippen LogP contribution in [0.15, 0.2) is 23.0 Å². The summed E-state index contributed by atoms with van der Waals surface area (Å²) in [6, 6.07) is 4.92. The summed E-state index contributed by atoms with van der Waals surface area (Å²) >= 11 is 0. The average Bonchev–Trinajstić information content (AvgIpc) is 2.64. The highest BCUT2D eigenvalue weighted by Gasteiger charge is 2.07. The number of ether oxygens (including phenoxy) is 1. The van der Waals surface area contributed by atoms with E-state index in [-0.39, 0.29) is 24.8 Å². The highest BCUT2D eigenvalue weighted by Crippen LogP contribution is 2.11. The molecule has 0 radical (unpaired) electrons. The van der Waals surface area contributed by atoms with Gasteiger partial charge in [-0.1, -0.05) is 0 Å². The number of carbonyl (C=O) groups excluding carboxylic acids is 2. The maximum Gasteiger partial charge on any atom is 0.326 e. The first-order chi connectivity index (χ1) is 8.61. The average molecular weight is 248 g/mol. The number of nitrogens with one attached hydrogen (secondary N) is 1. The smallest absolute Gasteiger partial charge is 0.326 e. The fourth-order valence-electron chi connectivity index (χ4n) is 1.76. The first kappa shape index (κ1) is 12.1. The summed E-state index contributed by atoms with van der Waals surface area (Å²) in [4.78, 5) is 35.6. The minimum absolute atomic E-state index is 0.137. The van der Waals surface area contributed by atoms with Crippen molar-refractivity contribution in [3.8, 4) is 0 Å². The van der Waals surface area contributed by atoms with Crippen LogP contribution in [0.3, 0.4) is 0 Å². The molecule has 0 aliphatic rings. The van der Waals surface area contributed by atoms with Crippen LogP contribution >= 0.6 is 0 Å². The van der Waals surface area contributed by atoms with Gasteiger partial charge < -0.3 is 9.72 Å². The molecule has 6 heteroatoms. The predicted octanol–water partition coefficient (Wildman–Crippen LogP) is 0.705. The van der Waals surface area contributed by atoms with Gasteiger partial charge >= 0.3 is 11.7 Å². The largest absolute Gasteiger partial charge is 0.464 e. The molecule has 0 aliphatic heterocycles. The third-order valence-corrected chi connectivity index (χ3v) is 2.55.